The molecule has 49 heavy (non-hydrogen) atoms. The summed E-state index contributed by atoms with van der Waals surface area (Å²) in [6.07, 6.45) is 0. The molecule has 0 aromatic heterocycles. The van der Waals surface area contributed by atoms with Gasteiger partial charge in [-0.05, 0) is 58.7 Å². The molecule has 2 amide bonds. The second kappa shape index (κ2) is 10.6. The Bertz CT molecular complexity index is 2230. The van der Waals surface area contributed by atoms with Gasteiger partial charge in [0.25, 0.3) is 0 Å². The second-order valence-electron chi connectivity index (χ2n) is 13.6. The van der Waals surface area contributed by atoms with E-state index in [9.17, 15) is 0 Å². The number of imide groups is 1. The zero-order valence-electron chi connectivity index (χ0n) is 27.3. The third-order valence-corrected chi connectivity index (χ3v) is 11.1. The van der Waals surface area contributed by atoms with Crippen LogP contribution in [-0.4, -0.2) is 17.6 Å². The molecule has 0 radical (unpaired) electrons. The van der Waals surface area contributed by atoms with E-state index in [1.165, 1.54) is 4.90 Å². The molecule has 4 heteroatoms. The molecule has 6 aromatic rings. The van der Waals surface area contributed by atoms with E-state index in [4.69, 9.17) is 0 Å². The van der Waals surface area contributed by atoms with Gasteiger partial charge >= 0.3 is 0 Å². The Balaban J connectivity index is 1.45. The maximum atomic E-state index is 16.1. The summed E-state index contributed by atoms with van der Waals surface area (Å²) >= 11 is 0. The van der Waals surface area contributed by atoms with Gasteiger partial charge in [-0.1, -0.05) is 157 Å². The molecule has 1 aliphatic heterocycles. The number of amides is 2. The summed E-state index contributed by atoms with van der Waals surface area (Å²) in [5, 5.41) is 1.75. The molecule has 0 unspecified atom stereocenters. The fourth-order valence-corrected chi connectivity index (χ4v) is 9.21. The number of anilines is 1. The average molecular weight is 636 g/mol. The number of carbonyl (C=O) groups is 3. The number of fused-ring (bicyclic) bond motifs is 6. The van der Waals surface area contributed by atoms with E-state index in [1.54, 1.807) is 0 Å². The summed E-state index contributed by atoms with van der Waals surface area (Å²) in [6.45, 7) is 4.08. The number of Topliss-reactive ketones (excluding diaryl/α,β-unsaturated/α-hetero) is 1. The molecule has 9 rings (SSSR count). The number of ketones is 1. The van der Waals surface area contributed by atoms with Crippen molar-refractivity contribution < 1.29 is 14.4 Å². The van der Waals surface area contributed by atoms with Crippen LogP contribution in [-0.2, 0) is 25.2 Å². The van der Waals surface area contributed by atoms with Crippen LogP contribution in [0.5, 0.6) is 0 Å². The monoisotopic (exact) mass is 635 g/mol. The predicted octanol–water partition coefficient (Wildman–Crippen LogP) is 8.65. The Kier molecular flexibility index (Phi) is 6.31. The van der Waals surface area contributed by atoms with Gasteiger partial charge < -0.3 is 0 Å². The van der Waals surface area contributed by atoms with E-state index >= 15 is 14.4 Å². The molecule has 1 saturated heterocycles. The van der Waals surface area contributed by atoms with Crippen LogP contribution in [0.1, 0.15) is 33.4 Å². The number of benzene rings is 6. The van der Waals surface area contributed by atoms with Crippen LogP contribution < -0.4 is 4.90 Å². The summed E-state index contributed by atoms with van der Waals surface area (Å²) in [7, 11) is 0. The van der Waals surface area contributed by atoms with Crippen LogP contribution in [0.4, 0.5) is 5.69 Å². The Morgan fingerprint density at radius 3 is 1.39 bits per heavy atom. The van der Waals surface area contributed by atoms with Crippen molar-refractivity contribution in [2.45, 2.75) is 24.7 Å². The maximum Gasteiger partial charge on any atom is 0.239 e. The Labute approximate surface area is 285 Å². The van der Waals surface area contributed by atoms with Crippen molar-refractivity contribution in [3.63, 3.8) is 0 Å². The standard InChI is InChI=1S/C45H33NO3/c1-28-20-24-31(25-21-28)37-38(32-26-22-29(2)23-27-32)45(34-16-7-4-8-17-34)40-39(44(37,43(45)49)33-14-5-3-6-15-33)41(47)46(42(40)48)36-19-11-13-30-12-9-10-18-35(30)36/h3-27,39-40H,1-2H3/t39-,40-,44+,45+/m0/s1. The smallest absolute Gasteiger partial charge is 0.239 e. The summed E-state index contributed by atoms with van der Waals surface area (Å²) in [5.41, 5.74) is 4.69. The van der Waals surface area contributed by atoms with E-state index < -0.39 is 22.7 Å². The molecule has 2 bridgehead atoms. The maximum absolute atomic E-state index is 16.1. The molecule has 4 atom stereocenters. The number of hydrogen-bond donors (Lipinski definition) is 0. The highest BCUT2D eigenvalue weighted by Gasteiger charge is 2.82. The third-order valence-electron chi connectivity index (χ3n) is 11.1. The van der Waals surface area contributed by atoms with Gasteiger partial charge in [-0.2, -0.15) is 0 Å². The van der Waals surface area contributed by atoms with Crippen LogP contribution in [0.2, 0.25) is 0 Å². The van der Waals surface area contributed by atoms with Crippen LogP contribution in [0.15, 0.2) is 152 Å². The summed E-state index contributed by atoms with van der Waals surface area (Å²) < 4.78 is 0. The van der Waals surface area contributed by atoms with Gasteiger partial charge in [0.05, 0.1) is 28.4 Å². The van der Waals surface area contributed by atoms with Crippen molar-refractivity contribution in [3.05, 3.63) is 185 Å². The molecule has 236 valence electrons. The quantitative estimate of drug-likeness (QED) is 0.178. The van der Waals surface area contributed by atoms with E-state index in [1.807, 2.05) is 117 Å². The first-order valence-corrected chi connectivity index (χ1v) is 16.8. The van der Waals surface area contributed by atoms with Crippen LogP contribution in [0, 0.1) is 25.7 Å². The first-order valence-electron chi connectivity index (χ1n) is 16.8. The van der Waals surface area contributed by atoms with Crippen molar-refractivity contribution in [3.8, 4) is 0 Å². The number of allylic oxidation sites excluding steroid dienone is 2. The lowest BCUT2D eigenvalue weighted by atomic mass is 9.59. The van der Waals surface area contributed by atoms with E-state index in [2.05, 4.69) is 48.5 Å². The number of aryl methyl sites for hydroxylation is 2. The molecular formula is C45H33NO3. The Morgan fingerprint density at radius 1 is 0.469 bits per heavy atom. The first-order chi connectivity index (χ1) is 23.9. The van der Waals surface area contributed by atoms with Crippen molar-refractivity contribution in [1.29, 1.82) is 0 Å². The molecule has 0 spiro atoms. The molecule has 0 N–H and O–H groups in total. The zero-order chi connectivity index (χ0) is 33.5. The lowest BCUT2D eigenvalue weighted by Crippen LogP contribution is -2.45. The highest BCUT2D eigenvalue weighted by atomic mass is 16.2. The van der Waals surface area contributed by atoms with Crippen LogP contribution in [0.3, 0.4) is 0 Å². The van der Waals surface area contributed by atoms with Gasteiger partial charge in [-0.25, -0.2) is 4.90 Å². The fraction of sp³-hybridized carbons (Fsp3) is 0.133. The van der Waals surface area contributed by atoms with Gasteiger partial charge in [0.2, 0.25) is 11.8 Å². The SMILES string of the molecule is Cc1ccc(C2=C(c3ccc(C)cc3)[C@@]3(c4ccccc4)C(=O)[C@@]2(c2ccccc2)[C@@H]2C(=O)N(c4cccc5ccccc45)C(=O)[C@H]23)cc1. The molecular weight excluding hydrogens is 602 g/mol. The van der Waals surface area contributed by atoms with Gasteiger partial charge in [-0.15, -0.1) is 0 Å². The Hall–Kier alpha value is -5.87. The largest absolute Gasteiger partial charge is 0.297 e. The number of nitrogens with zero attached hydrogens (tertiary/aromatic N) is 1. The van der Waals surface area contributed by atoms with Crippen molar-refractivity contribution in [2.24, 2.45) is 11.8 Å². The molecule has 1 heterocycles. The predicted molar refractivity (Wildman–Crippen MR) is 194 cm³/mol. The second-order valence-corrected chi connectivity index (χ2v) is 13.6. The normalized spacial score (nSPS) is 24.3. The van der Waals surface area contributed by atoms with Crippen LogP contribution in [0.25, 0.3) is 21.9 Å². The van der Waals surface area contributed by atoms with Gasteiger partial charge in [0.1, 0.15) is 0 Å². The minimum Gasteiger partial charge on any atom is -0.297 e. The van der Waals surface area contributed by atoms with Crippen LogP contribution >= 0.6 is 0 Å². The molecule has 3 aliphatic rings. The highest BCUT2D eigenvalue weighted by Crippen LogP contribution is 2.74. The van der Waals surface area contributed by atoms with Gasteiger partial charge in [0, 0.05) is 5.39 Å². The first kappa shape index (κ1) is 29.3. The molecule has 6 aromatic carbocycles. The van der Waals surface area contributed by atoms with E-state index in [-0.39, 0.29) is 17.6 Å². The number of rotatable bonds is 5. The van der Waals surface area contributed by atoms with E-state index in [0.29, 0.717) is 5.69 Å². The summed E-state index contributed by atoms with van der Waals surface area (Å²) in [5.74, 6) is -2.71. The zero-order valence-corrected chi connectivity index (χ0v) is 27.3. The van der Waals surface area contributed by atoms with Gasteiger partial charge in [-0.3, -0.25) is 14.4 Å². The minimum atomic E-state index is -1.43. The fourth-order valence-electron chi connectivity index (χ4n) is 9.21. The van der Waals surface area contributed by atoms with Crippen molar-refractivity contribution in [1.82, 2.24) is 0 Å². The number of hydrogen-bond acceptors (Lipinski definition) is 3. The molecule has 4 nitrogen and oxygen atoms in total. The highest BCUT2D eigenvalue weighted by molar-refractivity contribution is 6.39. The van der Waals surface area contributed by atoms with Crippen molar-refractivity contribution >= 4 is 45.2 Å². The lowest BCUT2D eigenvalue weighted by Gasteiger charge is -2.39. The summed E-state index contributed by atoms with van der Waals surface area (Å²) in [4.78, 5) is 48.3. The Morgan fingerprint density at radius 2 is 0.898 bits per heavy atom. The molecule has 2 aliphatic carbocycles. The van der Waals surface area contributed by atoms with Gasteiger partial charge in [0.15, 0.2) is 5.78 Å². The number of carbonyl (C=O) groups excluding carboxylic acids is 3. The summed E-state index contributed by atoms with van der Waals surface area (Å²) in [6, 6.07) is 49.4. The molecule has 2 fully saturated rings. The minimum absolute atomic E-state index is 0.113. The van der Waals surface area contributed by atoms with Crippen molar-refractivity contribution in [2.75, 3.05) is 4.90 Å². The van der Waals surface area contributed by atoms with E-state index in [0.717, 1.165) is 55.3 Å². The molecule has 1 saturated carbocycles. The topological polar surface area (TPSA) is 54.5 Å². The average Bonchev–Trinajstić information content (AvgIpc) is 3.65. The lowest BCUT2D eigenvalue weighted by molar-refractivity contribution is -0.130. The third kappa shape index (κ3) is 3.72.